The summed E-state index contributed by atoms with van der Waals surface area (Å²) >= 11 is 0. The summed E-state index contributed by atoms with van der Waals surface area (Å²) in [5.41, 5.74) is 4.42. The summed E-state index contributed by atoms with van der Waals surface area (Å²) in [7, 11) is 2.54. The van der Waals surface area contributed by atoms with E-state index in [4.69, 9.17) is 5.11 Å². The van der Waals surface area contributed by atoms with Crippen molar-refractivity contribution in [2.24, 2.45) is 4.99 Å². The van der Waals surface area contributed by atoms with Crippen LogP contribution in [0.2, 0.25) is 0 Å². The van der Waals surface area contributed by atoms with Gasteiger partial charge in [0, 0.05) is 50.3 Å². The van der Waals surface area contributed by atoms with Crippen molar-refractivity contribution in [3.8, 4) is 11.4 Å². The maximum Gasteiger partial charge on any atom is 0.159 e. The largest absolute Gasteiger partial charge is 0.400 e. The van der Waals surface area contributed by atoms with Crippen LogP contribution in [0.1, 0.15) is 37.3 Å². The SMILES string of the molecule is C=N/C=C(F)\C=C/COC.CCC1N(Cc2cc(C)ccc2-c2ncccn2)C12CC2.CO. The molecule has 0 bridgehead atoms. The van der Waals surface area contributed by atoms with Crippen molar-refractivity contribution in [2.45, 2.75) is 51.2 Å². The third-order valence-corrected chi connectivity index (χ3v) is 5.81. The minimum atomic E-state index is -0.424. The summed E-state index contributed by atoms with van der Waals surface area (Å²) < 4.78 is 17.0. The van der Waals surface area contributed by atoms with Gasteiger partial charge in [0.25, 0.3) is 0 Å². The molecule has 6 nitrogen and oxygen atoms in total. The zero-order valence-electron chi connectivity index (χ0n) is 20.0. The van der Waals surface area contributed by atoms with E-state index in [-0.39, 0.29) is 0 Å². The highest BCUT2D eigenvalue weighted by atomic mass is 19.1. The normalized spacial score (nSPS) is 19.9. The van der Waals surface area contributed by atoms with Crippen molar-refractivity contribution in [3.63, 3.8) is 0 Å². The van der Waals surface area contributed by atoms with Gasteiger partial charge in [-0.05, 0) is 50.6 Å². The number of benzene rings is 1. The topological polar surface area (TPSA) is 70.6 Å². The molecule has 2 atom stereocenters. The highest BCUT2D eigenvalue weighted by molar-refractivity contribution is 5.61. The molecule has 2 heterocycles. The minimum Gasteiger partial charge on any atom is -0.400 e. The summed E-state index contributed by atoms with van der Waals surface area (Å²) in [5.74, 6) is 0.416. The van der Waals surface area contributed by atoms with Crippen LogP contribution in [0.15, 0.2) is 65.8 Å². The molecule has 2 aromatic rings. The number of aliphatic hydroxyl groups excluding tert-OH is 1. The molecule has 1 aliphatic heterocycles. The maximum atomic E-state index is 12.3. The predicted molar refractivity (Wildman–Crippen MR) is 132 cm³/mol. The number of halogens is 1. The molecule has 0 amide bonds. The van der Waals surface area contributed by atoms with Gasteiger partial charge < -0.3 is 9.84 Å². The number of hydrogen-bond acceptors (Lipinski definition) is 6. The highest BCUT2D eigenvalue weighted by Crippen LogP contribution is 2.61. The predicted octanol–water partition coefficient (Wildman–Crippen LogP) is 4.89. The van der Waals surface area contributed by atoms with Gasteiger partial charge in [-0.15, -0.1) is 0 Å². The minimum absolute atomic E-state index is 0.401. The van der Waals surface area contributed by atoms with E-state index < -0.39 is 5.83 Å². The van der Waals surface area contributed by atoms with Gasteiger partial charge in [0.2, 0.25) is 0 Å². The molecule has 1 aliphatic carbocycles. The molecule has 1 spiro atoms. The van der Waals surface area contributed by atoms with Crippen molar-refractivity contribution in [3.05, 3.63) is 72.0 Å². The molecule has 0 radical (unpaired) electrons. The lowest BCUT2D eigenvalue weighted by Gasteiger charge is -2.11. The quantitative estimate of drug-likeness (QED) is 0.349. The molecule has 2 unspecified atom stereocenters. The molecule has 1 N–H and O–H groups in total. The number of methoxy groups -OCH3 is 1. The fourth-order valence-corrected chi connectivity index (χ4v) is 4.20. The average Bonchev–Trinajstić information content (AvgIpc) is 3.74. The molecule has 33 heavy (non-hydrogen) atoms. The second-order valence-electron chi connectivity index (χ2n) is 7.94. The van der Waals surface area contributed by atoms with Crippen molar-refractivity contribution >= 4 is 6.72 Å². The van der Waals surface area contributed by atoms with Crippen LogP contribution in [0.3, 0.4) is 0 Å². The number of allylic oxidation sites excluding steroid dienone is 2. The first-order chi connectivity index (χ1) is 16.1. The first-order valence-electron chi connectivity index (χ1n) is 11.1. The van der Waals surface area contributed by atoms with Crippen LogP contribution in [-0.2, 0) is 11.3 Å². The van der Waals surface area contributed by atoms with Crippen molar-refractivity contribution in [1.29, 1.82) is 0 Å². The summed E-state index contributed by atoms with van der Waals surface area (Å²) in [6, 6.07) is 9.29. The molecular weight excluding hydrogens is 419 g/mol. The highest BCUT2D eigenvalue weighted by Gasteiger charge is 2.68. The van der Waals surface area contributed by atoms with E-state index in [0.717, 1.165) is 31.7 Å². The molecule has 178 valence electrons. The Kier molecular flexibility index (Phi) is 10.5. The zero-order valence-corrected chi connectivity index (χ0v) is 20.0. The maximum absolute atomic E-state index is 12.3. The Morgan fingerprint density at radius 1 is 1.33 bits per heavy atom. The lowest BCUT2D eigenvalue weighted by atomic mass is 10.0. The number of aryl methyl sites for hydroxylation is 1. The Labute approximate surface area is 196 Å². The summed E-state index contributed by atoms with van der Waals surface area (Å²) in [6.07, 6.45) is 11.5. The second kappa shape index (κ2) is 13.1. The van der Waals surface area contributed by atoms with Crippen LogP contribution in [0.25, 0.3) is 11.4 Å². The van der Waals surface area contributed by atoms with Gasteiger partial charge in [-0.1, -0.05) is 36.8 Å². The van der Waals surface area contributed by atoms with Gasteiger partial charge in [-0.25, -0.2) is 14.4 Å². The van der Waals surface area contributed by atoms with E-state index in [0.29, 0.717) is 12.1 Å². The molecule has 2 aliphatic rings. The Morgan fingerprint density at radius 3 is 2.58 bits per heavy atom. The lowest BCUT2D eigenvalue weighted by Crippen LogP contribution is -2.06. The van der Waals surface area contributed by atoms with Crippen LogP contribution in [0.4, 0.5) is 4.39 Å². The van der Waals surface area contributed by atoms with E-state index in [9.17, 15) is 4.39 Å². The molecule has 4 rings (SSSR count). The lowest BCUT2D eigenvalue weighted by molar-refractivity contribution is 0.233. The van der Waals surface area contributed by atoms with Crippen molar-refractivity contribution in [2.75, 3.05) is 20.8 Å². The number of ether oxygens (including phenoxy) is 1. The van der Waals surface area contributed by atoms with Crippen molar-refractivity contribution in [1.82, 2.24) is 14.9 Å². The third kappa shape index (κ3) is 7.12. The standard InChI is InChI=1S/C18H21N3.C7H10FNO.CH4O/c1-3-16-18(7-8-18)21(16)12-14-11-13(2)5-6-15(14)17-19-9-4-10-20-17;1-9-6-7(8)4-3-5-10-2;1-2/h4-6,9-11,16H,3,7-8,12H2,1-2H3;3-4,6H,1,5H2,2H3;2H,1H3/b;4-3-,7-6+;. The third-order valence-electron chi connectivity index (χ3n) is 5.81. The number of aliphatic hydroxyl groups is 1. The monoisotopic (exact) mass is 454 g/mol. The molecule has 1 aromatic heterocycles. The van der Waals surface area contributed by atoms with Crippen LogP contribution >= 0.6 is 0 Å². The van der Waals surface area contributed by atoms with Crippen molar-refractivity contribution < 1.29 is 14.2 Å². The molecular formula is C26H35FN4O2. The summed E-state index contributed by atoms with van der Waals surface area (Å²) in [6.45, 7) is 9.00. The Balaban J connectivity index is 0.000000275. The average molecular weight is 455 g/mol. The van der Waals surface area contributed by atoms with E-state index in [2.05, 4.69) is 63.4 Å². The number of nitrogens with zero attached hydrogens (tertiary/aromatic N) is 4. The fourth-order valence-electron chi connectivity index (χ4n) is 4.20. The van der Waals surface area contributed by atoms with Crippen LogP contribution in [-0.4, -0.2) is 59.1 Å². The van der Waals surface area contributed by atoms with Gasteiger partial charge >= 0.3 is 0 Å². The van der Waals surface area contributed by atoms with E-state index in [1.54, 1.807) is 6.08 Å². The first-order valence-corrected chi connectivity index (χ1v) is 11.1. The van der Waals surface area contributed by atoms with E-state index in [1.165, 1.54) is 49.1 Å². The number of aromatic nitrogens is 2. The van der Waals surface area contributed by atoms with Crippen LogP contribution in [0, 0.1) is 6.92 Å². The van der Waals surface area contributed by atoms with E-state index >= 15 is 0 Å². The summed E-state index contributed by atoms with van der Waals surface area (Å²) in [4.78, 5) is 14.8. The number of hydrogen-bond donors (Lipinski definition) is 1. The Hall–Kier alpha value is -2.74. The smallest absolute Gasteiger partial charge is 0.159 e. The Morgan fingerprint density at radius 2 is 2.03 bits per heavy atom. The second-order valence-corrected chi connectivity index (χ2v) is 7.94. The first kappa shape index (κ1) is 26.5. The Bertz CT molecular complexity index is 943. The molecule has 1 aromatic carbocycles. The fraction of sp³-hybridized carbons (Fsp3) is 0.423. The number of rotatable bonds is 8. The number of aliphatic imine (C=N–C) groups is 1. The summed E-state index contributed by atoms with van der Waals surface area (Å²) in [5, 5.41) is 7.00. The van der Waals surface area contributed by atoms with Crippen LogP contribution < -0.4 is 0 Å². The van der Waals surface area contributed by atoms with Gasteiger partial charge in [0.1, 0.15) is 5.83 Å². The van der Waals surface area contributed by atoms with Crippen LogP contribution in [0.5, 0.6) is 0 Å². The zero-order chi connectivity index (χ0) is 24.3. The molecule has 1 saturated carbocycles. The molecule has 2 fully saturated rings. The molecule has 7 heteroatoms. The van der Waals surface area contributed by atoms with Gasteiger partial charge in [-0.3, -0.25) is 9.89 Å². The molecule has 1 saturated heterocycles. The van der Waals surface area contributed by atoms with Gasteiger partial charge in [-0.2, -0.15) is 0 Å². The van der Waals surface area contributed by atoms with E-state index in [1.807, 2.05) is 18.5 Å². The van der Waals surface area contributed by atoms with Gasteiger partial charge in [0.15, 0.2) is 5.82 Å². The van der Waals surface area contributed by atoms with Gasteiger partial charge in [0.05, 0.1) is 12.8 Å².